The Hall–Kier alpha value is -1.05. The first kappa shape index (κ1) is 13.0. The van der Waals surface area contributed by atoms with Gasteiger partial charge in [0.2, 0.25) is 5.91 Å². The number of rotatable bonds is 6. The van der Waals surface area contributed by atoms with Crippen molar-refractivity contribution in [3.8, 4) is 12.3 Å². The Balaban J connectivity index is 1.94. The van der Waals surface area contributed by atoms with Crippen LogP contribution in [-0.4, -0.2) is 38.3 Å². The Morgan fingerprint density at radius 1 is 1.56 bits per heavy atom. The van der Waals surface area contributed by atoms with Gasteiger partial charge in [-0.05, 0) is 25.8 Å². The molecule has 0 spiro atoms. The highest BCUT2D eigenvalue weighted by atomic mass is 16.5. The minimum Gasteiger partial charge on any atom is -0.372 e. The number of hydrogen-bond donors (Lipinski definition) is 2. The van der Waals surface area contributed by atoms with E-state index >= 15 is 0 Å². The average molecular weight is 224 g/mol. The summed E-state index contributed by atoms with van der Waals surface area (Å²) in [6.45, 7) is 2.11. The van der Waals surface area contributed by atoms with Gasteiger partial charge in [-0.3, -0.25) is 4.79 Å². The lowest BCUT2D eigenvalue weighted by atomic mass is 10.0. The molecule has 1 unspecified atom stereocenters. The maximum Gasteiger partial charge on any atom is 0.246 e. The molecule has 1 amide bonds. The predicted octanol–water partition coefficient (Wildman–Crippen LogP) is 0.285. The quantitative estimate of drug-likeness (QED) is 0.503. The van der Waals surface area contributed by atoms with Crippen molar-refractivity contribution >= 4 is 5.91 Å². The van der Waals surface area contributed by atoms with E-state index in [9.17, 15) is 4.79 Å². The molecule has 4 nitrogen and oxygen atoms in total. The lowest BCUT2D eigenvalue weighted by Gasteiger charge is -2.23. The SMILES string of the molecule is C#CCNC(=O)COCCC1CCCCN1. The van der Waals surface area contributed by atoms with Gasteiger partial charge in [0.25, 0.3) is 0 Å². The van der Waals surface area contributed by atoms with Crippen molar-refractivity contribution in [2.24, 2.45) is 0 Å². The second-order valence-corrected chi connectivity index (χ2v) is 3.97. The minimum absolute atomic E-state index is 0.106. The number of hydrogen-bond acceptors (Lipinski definition) is 3. The number of ether oxygens (including phenoxy) is 1. The maximum absolute atomic E-state index is 11.1. The molecule has 0 aromatic heterocycles. The van der Waals surface area contributed by atoms with E-state index < -0.39 is 0 Å². The molecule has 1 rings (SSSR count). The molecule has 16 heavy (non-hydrogen) atoms. The van der Waals surface area contributed by atoms with Crippen LogP contribution in [0.1, 0.15) is 25.7 Å². The van der Waals surface area contributed by atoms with E-state index in [1.54, 1.807) is 0 Å². The van der Waals surface area contributed by atoms with Crippen molar-refractivity contribution in [2.45, 2.75) is 31.7 Å². The van der Waals surface area contributed by atoms with Crippen LogP contribution in [0.4, 0.5) is 0 Å². The number of carbonyl (C=O) groups is 1. The molecule has 1 fully saturated rings. The van der Waals surface area contributed by atoms with Gasteiger partial charge in [-0.15, -0.1) is 6.42 Å². The predicted molar refractivity (Wildman–Crippen MR) is 62.9 cm³/mol. The average Bonchev–Trinajstić information content (AvgIpc) is 2.33. The number of piperidine rings is 1. The lowest BCUT2D eigenvalue weighted by molar-refractivity contribution is -0.125. The van der Waals surface area contributed by atoms with Crippen LogP contribution in [0.2, 0.25) is 0 Å². The zero-order valence-corrected chi connectivity index (χ0v) is 9.63. The third kappa shape index (κ3) is 5.74. The van der Waals surface area contributed by atoms with E-state index in [2.05, 4.69) is 16.6 Å². The summed E-state index contributed by atoms with van der Waals surface area (Å²) in [5, 5.41) is 5.99. The fourth-order valence-electron chi connectivity index (χ4n) is 1.76. The molecule has 1 atom stereocenters. The van der Waals surface area contributed by atoms with Crippen molar-refractivity contribution in [3.05, 3.63) is 0 Å². The summed E-state index contributed by atoms with van der Waals surface area (Å²) in [5.41, 5.74) is 0. The standard InChI is InChI=1S/C12H20N2O2/c1-2-7-14-12(15)10-16-9-6-11-5-3-4-8-13-11/h1,11,13H,3-10H2,(H,14,15). The molecule has 0 aromatic rings. The molecule has 90 valence electrons. The zero-order valence-electron chi connectivity index (χ0n) is 9.63. The minimum atomic E-state index is -0.144. The molecular weight excluding hydrogens is 204 g/mol. The molecule has 4 heteroatoms. The Kier molecular flexibility index (Phi) is 6.62. The van der Waals surface area contributed by atoms with Crippen molar-refractivity contribution in [1.29, 1.82) is 0 Å². The van der Waals surface area contributed by atoms with Crippen LogP contribution in [0, 0.1) is 12.3 Å². The largest absolute Gasteiger partial charge is 0.372 e. The summed E-state index contributed by atoms with van der Waals surface area (Å²) in [5.74, 6) is 2.20. The molecule has 0 aromatic carbocycles. The first-order valence-corrected chi connectivity index (χ1v) is 5.84. The maximum atomic E-state index is 11.1. The van der Waals surface area contributed by atoms with Crippen molar-refractivity contribution in [1.82, 2.24) is 10.6 Å². The van der Waals surface area contributed by atoms with E-state index in [1.165, 1.54) is 19.3 Å². The summed E-state index contributed by atoms with van der Waals surface area (Å²) in [7, 11) is 0. The number of nitrogens with one attached hydrogen (secondary N) is 2. The first-order valence-electron chi connectivity index (χ1n) is 5.84. The molecule has 1 saturated heterocycles. The molecule has 0 radical (unpaired) electrons. The summed E-state index contributed by atoms with van der Waals surface area (Å²) in [6.07, 6.45) is 9.77. The Bertz CT molecular complexity index is 242. The molecule has 1 aliphatic rings. The van der Waals surface area contributed by atoms with E-state index in [4.69, 9.17) is 11.2 Å². The van der Waals surface area contributed by atoms with Crippen molar-refractivity contribution in [3.63, 3.8) is 0 Å². The smallest absolute Gasteiger partial charge is 0.246 e. The third-order valence-corrected chi connectivity index (χ3v) is 2.64. The fourth-order valence-corrected chi connectivity index (χ4v) is 1.76. The molecule has 1 aliphatic heterocycles. The molecule has 0 bridgehead atoms. The van der Waals surface area contributed by atoms with Gasteiger partial charge in [0.05, 0.1) is 6.54 Å². The highest BCUT2D eigenvalue weighted by molar-refractivity contribution is 5.77. The Labute approximate surface area is 97.1 Å². The Morgan fingerprint density at radius 3 is 3.12 bits per heavy atom. The van der Waals surface area contributed by atoms with Gasteiger partial charge in [-0.25, -0.2) is 0 Å². The summed E-state index contributed by atoms with van der Waals surface area (Å²) >= 11 is 0. The van der Waals surface area contributed by atoms with Gasteiger partial charge < -0.3 is 15.4 Å². The molecular formula is C12H20N2O2. The molecule has 1 heterocycles. The van der Waals surface area contributed by atoms with Crippen LogP contribution in [0.5, 0.6) is 0 Å². The second-order valence-electron chi connectivity index (χ2n) is 3.97. The number of carbonyl (C=O) groups excluding carboxylic acids is 1. The third-order valence-electron chi connectivity index (χ3n) is 2.64. The van der Waals surface area contributed by atoms with Gasteiger partial charge in [0.15, 0.2) is 0 Å². The zero-order chi connectivity index (χ0) is 11.6. The van der Waals surface area contributed by atoms with Gasteiger partial charge in [0, 0.05) is 12.6 Å². The first-order chi connectivity index (χ1) is 7.83. The van der Waals surface area contributed by atoms with Crippen LogP contribution in [-0.2, 0) is 9.53 Å². The molecule has 0 aliphatic carbocycles. The van der Waals surface area contributed by atoms with E-state index in [1.807, 2.05) is 0 Å². The highest BCUT2D eigenvalue weighted by Gasteiger charge is 2.11. The topological polar surface area (TPSA) is 50.4 Å². The highest BCUT2D eigenvalue weighted by Crippen LogP contribution is 2.09. The number of terminal acetylenes is 1. The second kappa shape index (κ2) is 8.14. The number of amides is 1. The Morgan fingerprint density at radius 2 is 2.44 bits per heavy atom. The fraction of sp³-hybridized carbons (Fsp3) is 0.750. The lowest BCUT2D eigenvalue weighted by Crippen LogP contribution is -2.35. The monoisotopic (exact) mass is 224 g/mol. The van der Waals surface area contributed by atoms with Crippen LogP contribution in [0.25, 0.3) is 0 Å². The molecule has 0 saturated carbocycles. The van der Waals surface area contributed by atoms with Crippen LogP contribution in [0.15, 0.2) is 0 Å². The van der Waals surface area contributed by atoms with E-state index in [0.29, 0.717) is 12.6 Å². The summed E-state index contributed by atoms with van der Waals surface area (Å²) in [6, 6.07) is 0.558. The van der Waals surface area contributed by atoms with E-state index in [0.717, 1.165) is 13.0 Å². The normalized spacial score (nSPS) is 20.1. The summed E-state index contributed by atoms with van der Waals surface area (Å²) in [4.78, 5) is 11.1. The van der Waals surface area contributed by atoms with Gasteiger partial charge in [0.1, 0.15) is 6.61 Å². The van der Waals surface area contributed by atoms with Crippen molar-refractivity contribution in [2.75, 3.05) is 26.3 Å². The van der Waals surface area contributed by atoms with Crippen LogP contribution >= 0.6 is 0 Å². The van der Waals surface area contributed by atoms with Gasteiger partial charge >= 0.3 is 0 Å². The van der Waals surface area contributed by atoms with Crippen LogP contribution in [0.3, 0.4) is 0 Å². The van der Waals surface area contributed by atoms with E-state index in [-0.39, 0.29) is 19.1 Å². The van der Waals surface area contributed by atoms with Crippen molar-refractivity contribution < 1.29 is 9.53 Å². The summed E-state index contributed by atoms with van der Waals surface area (Å²) < 4.78 is 5.27. The van der Waals surface area contributed by atoms with Crippen LogP contribution < -0.4 is 10.6 Å². The molecule has 2 N–H and O–H groups in total. The van der Waals surface area contributed by atoms with Gasteiger partial charge in [-0.1, -0.05) is 12.3 Å². The van der Waals surface area contributed by atoms with Gasteiger partial charge in [-0.2, -0.15) is 0 Å².